The van der Waals surface area contributed by atoms with Crippen molar-refractivity contribution in [2.24, 2.45) is 0 Å². The molecular weight excluding hydrogens is 246 g/mol. The maximum absolute atomic E-state index is 9.25. The van der Waals surface area contributed by atoms with Gasteiger partial charge in [-0.2, -0.15) is 5.26 Å². The van der Waals surface area contributed by atoms with Crippen LogP contribution < -0.4 is 0 Å². The topological polar surface area (TPSA) is 52.5 Å². The summed E-state index contributed by atoms with van der Waals surface area (Å²) in [4.78, 5) is 7.77. The summed E-state index contributed by atoms with van der Waals surface area (Å²) in [7, 11) is 0. The van der Waals surface area contributed by atoms with E-state index in [1.54, 1.807) is 0 Å². The molecule has 3 nitrogen and oxygen atoms in total. The molecule has 0 amide bonds. The molecule has 4 rings (SSSR count). The van der Waals surface area contributed by atoms with E-state index in [-0.39, 0.29) is 5.41 Å². The van der Waals surface area contributed by atoms with Crippen LogP contribution in [0.2, 0.25) is 0 Å². The molecule has 0 atom stereocenters. The molecule has 1 N–H and O–H groups in total. The Bertz CT molecular complexity index is 829. The highest BCUT2D eigenvalue weighted by molar-refractivity contribution is 5.95. The number of hydrogen-bond acceptors (Lipinski definition) is 2. The molecule has 1 saturated carbocycles. The van der Waals surface area contributed by atoms with Crippen molar-refractivity contribution in [3.8, 4) is 17.3 Å². The van der Waals surface area contributed by atoms with E-state index in [1.165, 1.54) is 10.8 Å². The first-order valence-electron chi connectivity index (χ1n) is 6.77. The van der Waals surface area contributed by atoms with Gasteiger partial charge in [0, 0.05) is 5.56 Å². The number of nitrogens with one attached hydrogen (secondary N) is 1. The molecular formula is C17H13N3. The van der Waals surface area contributed by atoms with Crippen LogP contribution in [-0.4, -0.2) is 9.97 Å². The Kier molecular flexibility index (Phi) is 2.22. The zero-order valence-electron chi connectivity index (χ0n) is 10.9. The maximum atomic E-state index is 9.25. The van der Waals surface area contributed by atoms with Gasteiger partial charge in [-0.3, -0.25) is 0 Å². The largest absolute Gasteiger partial charge is 0.341 e. The lowest BCUT2D eigenvalue weighted by Gasteiger charge is -2.04. The van der Waals surface area contributed by atoms with E-state index in [2.05, 4.69) is 46.4 Å². The molecule has 1 fully saturated rings. The Balaban J connectivity index is 1.87. The lowest BCUT2D eigenvalue weighted by Crippen LogP contribution is -2.04. The molecule has 1 aliphatic carbocycles. The van der Waals surface area contributed by atoms with Gasteiger partial charge in [0.15, 0.2) is 0 Å². The molecule has 0 aliphatic heterocycles. The molecule has 0 spiro atoms. The highest BCUT2D eigenvalue weighted by Gasteiger charge is 2.47. The number of fused-ring (bicyclic) bond motifs is 1. The minimum absolute atomic E-state index is 0.358. The molecule has 96 valence electrons. The number of imidazole rings is 1. The summed E-state index contributed by atoms with van der Waals surface area (Å²) >= 11 is 0. The minimum Gasteiger partial charge on any atom is -0.341 e. The van der Waals surface area contributed by atoms with Crippen LogP contribution in [0.1, 0.15) is 18.7 Å². The summed E-state index contributed by atoms with van der Waals surface area (Å²) in [5, 5.41) is 11.7. The lowest BCUT2D eigenvalue weighted by atomic mass is 10.0. The summed E-state index contributed by atoms with van der Waals surface area (Å²) in [6, 6.07) is 16.9. The molecule has 1 heterocycles. The second kappa shape index (κ2) is 3.94. The summed E-state index contributed by atoms with van der Waals surface area (Å²) in [5.41, 5.74) is 1.76. The third-order valence-electron chi connectivity index (χ3n) is 4.07. The summed E-state index contributed by atoms with van der Waals surface area (Å²) in [6.07, 6.45) is 3.66. The van der Waals surface area contributed by atoms with E-state index in [0.29, 0.717) is 0 Å². The monoisotopic (exact) mass is 259 g/mol. The van der Waals surface area contributed by atoms with Crippen LogP contribution in [0.5, 0.6) is 0 Å². The summed E-state index contributed by atoms with van der Waals surface area (Å²) < 4.78 is 0. The predicted octanol–water partition coefficient (Wildman–Crippen LogP) is 3.79. The normalized spacial score (nSPS) is 15.9. The Hall–Kier alpha value is -2.60. The number of benzene rings is 2. The SMILES string of the molecule is N#CC1(c2ncc(-c3cccc4ccccc34)[nH]2)CC1. The smallest absolute Gasteiger partial charge is 0.127 e. The van der Waals surface area contributed by atoms with Crippen molar-refractivity contribution >= 4 is 10.8 Å². The van der Waals surface area contributed by atoms with Crippen LogP contribution in [0.15, 0.2) is 48.7 Å². The third kappa shape index (κ3) is 1.55. The van der Waals surface area contributed by atoms with Gasteiger partial charge in [-0.15, -0.1) is 0 Å². The van der Waals surface area contributed by atoms with Crippen LogP contribution in [0.3, 0.4) is 0 Å². The van der Waals surface area contributed by atoms with Gasteiger partial charge in [-0.05, 0) is 23.6 Å². The molecule has 3 aromatic rings. The van der Waals surface area contributed by atoms with Gasteiger partial charge >= 0.3 is 0 Å². The zero-order valence-corrected chi connectivity index (χ0v) is 10.9. The first-order chi connectivity index (χ1) is 9.82. The minimum atomic E-state index is -0.358. The van der Waals surface area contributed by atoms with Crippen molar-refractivity contribution in [2.75, 3.05) is 0 Å². The number of nitriles is 1. The zero-order chi connectivity index (χ0) is 13.6. The Morgan fingerprint density at radius 2 is 1.90 bits per heavy atom. The van der Waals surface area contributed by atoms with Gasteiger partial charge < -0.3 is 4.98 Å². The molecule has 0 bridgehead atoms. The van der Waals surface area contributed by atoms with E-state index < -0.39 is 0 Å². The van der Waals surface area contributed by atoms with Crippen LogP contribution in [0.25, 0.3) is 22.0 Å². The quantitative estimate of drug-likeness (QED) is 0.761. The standard InChI is InChI=1S/C17H13N3/c18-11-17(8-9-17)16-19-10-15(20-16)14-7-3-5-12-4-1-2-6-13(12)14/h1-7,10H,8-9H2,(H,19,20). The Labute approximate surface area is 116 Å². The number of rotatable bonds is 2. The Morgan fingerprint density at radius 1 is 1.10 bits per heavy atom. The van der Waals surface area contributed by atoms with E-state index in [9.17, 15) is 5.26 Å². The summed E-state index contributed by atoms with van der Waals surface area (Å²) in [6.45, 7) is 0. The number of nitrogens with zero attached hydrogens (tertiary/aromatic N) is 2. The van der Waals surface area contributed by atoms with Crippen LogP contribution in [-0.2, 0) is 5.41 Å². The fourth-order valence-electron chi connectivity index (χ4n) is 2.69. The lowest BCUT2D eigenvalue weighted by molar-refractivity contribution is 0.822. The first-order valence-corrected chi connectivity index (χ1v) is 6.77. The van der Waals surface area contributed by atoms with Crippen molar-refractivity contribution < 1.29 is 0 Å². The molecule has 0 unspecified atom stereocenters. The highest BCUT2D eigenvalue weighted by Crippen LogP contribution is 2.46. The van der Waals surface area contributed by atoms with Crippen molar-refractivity contribution in [1.29, 1.82) is 5.26 Å². The first kappa shape index (κ1) is 11.2. The number of H-pyrrole nitrogens is 1. The molecule has 0 radical (unpaired) electrons. The van der Waals surface area contributed by atoms with Crippen LogP contribution in [0, 0.1) is 11.3 Å². The van der Waals surface area contributed by atoms with Crippen LogP contribution >= 0.6 is 0 Å². The van der Waals surface area contributed by atoms with E-state index in [0.717, 1.165) is 29.9 Å². The van der Waals surface area contributed by atoms with E-state index in [4.69, 9.17) is 0 Å². The number of aromatic nitrogens is 2. The number of hydrogen-bond donors (Lipinski definition) is 1. The van der Waals surface area contributed by atoms with Gasteiger partial charge in [0.2, 0.25) is 0 Å². The van der Waals surface area contributed by atoms with Crippen molar-refractivity contribution in [2.45, 2.75) is 18.3 Å². The number of aromatic amines is 1. The van der Waals surface area contributed by atoms with Gasteiger partial charge in [0.05, 0.1) is 18.0 Å². The predicted molar refractivity (Wildman–Crippen MR) is 78.1 cm³/mol. The average molecular weight is 259 g/mol. The van der Waals surface area contributed by atoms with Gasteiger partial charge in [0.1, 0.15) is 11.2 Å². The maximum Gasteiger partial charge on any atom is 0.127 e. The van der Waals surface area contributed by atoms with Crippen LogP contribution in [0.4, 0.5) is 0 Å². The second-order valence-electron chi connectivity index (χ2n) is 5.37. The third-order valence-corrected chi connectivity index (χ3v) is 4.07. The average Bonchev–Trinajstić information content (AvgIpc) is 3.16. The van der Waals surface area contributed by atoms with E-state index >= 15 is 0 Å². The molecule has 1 aliphatic rings. The van der Waals surface area contributed by atoms with Crippen molar-refractivity contribution in [1.82, 2.24) is 9.97 Å². The van der Waals surface area contributed by atoms with Gasteiger partial charge in [0.25, 0.3) is 0 Å². The fraction of sp³-hybridized carbons (Fsp3) is 0.176. The molecule has 20 heavy (non-hydrogen) atoms. The van der Waals surface area contributed by atoms with Gasteiger partial charge in [-0.25, -0.2) is 4.98 Å². The highest BCUT2D eigenvalue weighted by atomic mass is 15.0. The summed E-state index contributed by atoms with van der Waals surface area (Å²) in [5.74, 6) is 0.808. The second-order valence-corrected chi connectivity index (χ2v) is 5.37. The Morgan fingerprint density at radius 3 is 2.70 bits per heavy atom. The van der Waals surface area contributed by atoms with Crippen molar-refractivity contribution in [3.05, 3.63) is 54.5 Å². The molecule has 3 heteroatoms. The molecule has 1 aromatic heterocycles. The van der Waals surface area contributed by atoms with E-state index in [1.807, 2.05) is 18.3 Å². The molecule has 0 saturated heterocycles. The fourth-order valence-corrected chi connectivity index (χ4v) is 2.69. The van der Waals surface area contributed by atoms with Gasteiger partial charge in [-0.1, -0.05) is 42.5 Å². The molecule has 2 aromatic carbocycles. The van der Waals surface area contributed by atoms with Crippen molar-refractivity contribution in [3.63, 3.8) is 0 Å².